The van der Waals surface area contributed by atoms with Crippen LogP contribution in [0.4, 0.5) is 0 Å². The molecule has 0 aromatic rings. The van der Waals surface area contributed by atoms with Crippen molar-refractivity contribution in [3.05, 3.63) is 0 Å². The molecule has 0 aliphatic carbocycles. The number of hydrogen-bond acceptors (Lipinski definition) is 4. The van der Waals surface area contributed by atoms with Gasteiger partial charge in [-0.3, -0.25) is 0 Å². The van der Waals surface area contributed by atoms with Crippen molar-refractivity contribution in [2.45, 2.75) is 51.2 Å². The van der Waals surface area contributed by atoms with E-state index in [9.17, 15) is 0 Å². The first-order valence-corrected chi connectivity index (χ1v) is 6.61. The molecule has 2 unspecified atom stereocenters. The van der Waals surface area contributed by atoms with Gasteiger partial charge >= 0.3 is 0 Å². The summed E-state index contributed by atoms with van der Waals surface area (Å²) in [5, 5.41) is 8.84. The van der Waals surface area contributed by atoms with Crippen LogP contribution in [0.25, 0.3) is 0 Å². The zero-order valence-corrected chi connectivity index (χ0v) is 11.1. The molecule has 4 heteroatoms. The molecular weight excluding hydrogens is 214 g/mol. The van der Waals surface area contributed by atoms with E-state index in [1.54, 1.807) is 6.92 Å². The van der Waals surface area contributed by atoms with Crippen LogP contribution in [-0.4, -0.2) is 42.8 Å². The highest BCUT2D eigenvalue weighted by Gasteiger charge is 2.20. The van der Waals surface area contributed by atoms with Gasteiger partial charge in [-0.2, -0.15) is 5.26 Å². The Bertz CT molecular complexity index is 254. The molecule has 1 aliphatic heterocycles. The quantitative estimate of drug-likeness (QED) is 0.731. The van der Waals surface area contributed by atoms with Crippen molar-refractivity contribution in [1.29, 1.82) is 5.26 Å². The maximum atomic E-state index is 8.84. The van der Waals surface area contributed by atoms with Gasteiger partial charge in [0.2, 0.25) is 0 Å². The standard InChI is InChI=1S/C13H25N3O/c1-3-16(10-12-6-4-9-17-12)8-5-7-13(2,15)11-14/h12H,3-10,15H2,1-2H3. The maximum absolute atomic E-state index is 8.84. The third-order valence-corrected chi connectivity index (χ3v) is 3.36. The summed E-state index contributed by atoms with van der Waals surface area (Å²) in [5.41, 5.74) is 5.13. The molecule has 98 valence electrons. The van der Waals surface area contributed by atoms with Gasteiger partial charge in [0.1, 0.15) is 5.54 Å². The molecule has 0 bridgehead atoms. The van der Waals surface area contributed by atoms with Gasteiger partial charge in [-0.05, 0) is 45.7 Å². The van der Waals surface area contributed by atoms with E-state index in [0.717, 1.165) is 39.1 Å². The fraction of sp³-hybridized carbons (Fsp3) is 0.923. The van der Waals surface area contributed by atoms with Crippen LogP contribution in [0.5, 0.6) is 0 Å². The number of nitrogens with two attached hydrogens (primary N) is 1. The van der Waals surface area contributed by atoms with Crippen molar-refractivity contribution < 1.29 is 4.74 Å². The van der Waals surface area contributed by atoms with E-state index in [-0.39, 0.29) is 0 Å². The van der Waals surface area contributed by atoms with E-state index in [1.807, 2.05) is 0 Å². The minimum Gasteiger partial charge on any atom is -0.377 e. The molecule has 0 aromatic heterocycles. The van der Waals surface area contributed by atoms with Gasteiger partial charge in [-0.15, -0.1) is 0 Å². The average Bonchev–Trinajstić information content (AvgIpc) is 2.80. The average molecular weight is 239 g/mol. The summed E-state index contributed by atoms with van der Waals surface area (Å²) in [6.07, 6.45) is 4.52. The van der Waals surface area contributed by atoms with Crippen molar-refractivity contribution in [3.8, 4) is 6.07 Å². The molecule has 1 rings (SSSR count). The molecule has 0 spiro atoms. The van der Waals surface area contributed by atoms with Crippen molar-refractivity contribution in [2.75, 3.05) is 26.2 Å². The Kier molecular flexibility index (Phi) is 5.90. The smallest absolute Gasteiger partial charge is 0.101 e. The molecule has 0 amide bonds. The second-order valence-corrected chi connectivity index (χ2v) is 5.16. The summed E-state index contributed by atoms with van der Waals surface area (Å²) in [6, 6.07) is 2.14. The lowest BCUT2D eigenvalue weighted by Crippen LogP contribution is -2.37. The van der Waals surface area contributed by atoms with Crippen LogP contribution in [0.15, 0.2) is 0 Å². The predicted octanol–water partition coefficient (Wildman–Crippen LogP) is 1.51. The molecule has 4 nitrogen and oxygen atoms in total. The Morgan fingerprint density at radius 1 is 1.59 bits per heavy atom. The number of nitrogens with zero attached hydrogens (tertiary/aromatic N) is 2. The highest BCUT2D eigenvalue weighted by atomic mass is 16.5. The predicted molar refractivity (Wildman–Crippen MR) is 68.5 cm³/mol. The SMILES string of the molecule is CCN(CCCC(C)(N)C#N)CC1CCCO1. The fourth-order valence-corrected chi connectivity index (χ4v) is 2.18. The highest BCUT2D eigenvalue weighted by molar-refractivity contribution is 5.00. The molecule has 0 saturated carbocycles. The van der Waals surface area contributed by atoms with E-state index >= 15 is 0 Å². The Hall–Kier alpha value is -0.630. The van der Waals surface area contributed by atoms with Crippen molar-refractivity contribution >= 4 is 0 Å². The molecule has 1 aliphatic rings. The van der Waals surface area contributed by atoms with Crippen LogP contribution >= 0.6 is 0 Å². The second-order valence-electron chi connectivity index (χ2n) is 5.16. The van der Waals surface area contributed by atoms with E-state index < -0.39 is 5.54 Å². The first-order valence-electron chi connectivity index (χ1n) is 6.61. The molecule has 1 heterocycles. The minimum atomic E-state index is -0.677. The molecule has 2 N–H and O–H groups in total. The van der Waals surface area contributed by atoms with E-state index in [4.69, 9.17) is 15.7 Å². The van der Waals surface area contributed by atoms with Crippen LogP contribution in [-0.2, 0) is 4.74 Å². The summed E-state index contributed by atoms with van der Waals surface area (Å²) in [4.78, 5) is 2.39. The van der Waals surface area contributed by atoms with Crippen LogP contribution in [0, 0.1) is 11.3 Å². The first-order chi connectivity index (χ1) is 8.07. The molecule has 1 fully saturated rings. The van der Waals surface area contributed by atoms with Gasteiger partial charge in [0, 0.05) is 13.2 Å². The summed E-state index contributed by atoms with van der Waals surface area (Å²) in [5.74, 6) is 0. The van der Waals surface area contributed by atoms with Gasteiger partial charge in [0.25, 0.3) is 0 Å². The van der Waals surface area contributed by atoms with Gasteiger partial charge in [-0.1, -0.05) is 6.92 Å². The van der Waals surface area contributed by atoms with E-state index in [1.165, 1.54) is 12.8 Å². The number of likely N-dealkylation sites (N-methyl/N-ethyl adjacent to an activating group) is 1. The Morgan fingerprint density at radius 2 is 2.35 bits per heavy atom. The lowest BCUT2D eigenvalue weighted by molar-refractivity contribution is 0.0740. The minimum absolute atomic E-state index is 0.412. The Morgan fingerprint density at radius 3 is 2.88 bits per heavy atom. The largest absolute Gasteiger partial charge is 0.377 e. The van der Waals surface area contributed by atoms with Crippen molar-refractivity contribution in [3.63, 3.8) is 0 Å². The maximum Gasteiger partial charge on any atom is 0.101 e. The lowest BCUT2D eigenvalue weighted by atomic mass is 9.99. The third-order valence-electron chi connectivity index (χ3n) is 3.36. The summed E-state index contributed by atoms with van der Waals surface area (Å²) >= 11 is 0. The summed E-state index contributed by atoms with van der Waals surface area (Å²) in [7, 11) is 0. The highest BCUT2D eigenvalue weighted by Crippen LogP contribution is 2.14. The topological polar surface area (TPSA) is 62.3 Å². The molecule has 0 aromatic carbocycles. The van der Waals surface area contributed by atoms with Crippen molar-refractivity contribution in [1.82, 2.24) is 4.90 Å². The fourth-order valence-electron chi connectivity index (χ4n) is 2.18. The molecule has 0 radical (unpaired) electrons. The van der Waals surface area contributed by atoms with Crippen molar-refractivity contribution in [2.24, 2.45) is 5.73 Å². The third kappa shape index (κ3) is 5.49. The van der Waals surface area contributed by atoms with Crippen LogP contribution in [0.2, 0.25) is 0 Å². The van der Waals surface area contributed by atoms with E-state index in [0.29, 0.717) is 6.10 Å². The van der Waals surface area contributed by atoms with Gasteiger partial charge in [0.15, 0.2) is 0 Å². The number of rotatable bonds is 7. The van der Waals surface area contributed by atoms with Crippen LogP contribution in [0.1, 0.15) is 39.5 Å². The number of nitriles is 1. The van der Waals surface area contributed by atoms with Gasteiger partial charge in [0.05, 0.1) is 12.2 Å². The number of ether oxygens (including phenoxy) is 1. The molecule has 17 heavy (non-hydrogen) atoms. The molecule has 2 atom stereocenters. The Balaban J connectivity index is 2.20. The van der Waals surface area contributed by atoms with Gasteiger partial charge < -0.3 is 15.4 Å². The Labute approximate surface area is 105 Å². The van der Waals surface area contributed by atoms with Crippen LogP contribution in [0.3, 0.4) is 0 Å². The zero-order chi connectivity index (χ0) is 12.7. The summed E-state index contributed by atoms with van der Waals surface area (Å²) in [6.45, 7) is 7.94. The number of hydrogen-bond donors (Lipinski definition) is 1. The molecular formula is C13H25N3O. The van der Waals surface area contributed by atoms with Crippen LogP contribution < -0.4 is 5.73 Å². The summed E-state index contributed by atoms with van der Waals surface area (Å²) < 4.78 is 5.63. The zero-order valence-electron chi connectivity index (χ0n) is 11.1. The van der Waals surface area contributed by atoms with Gasteiger partial charge in [-0.25, -0.2) is 0 Å². The molecule has 1 saturated heterocycles. The normalized spacial score (nSPS) is 23.6. The first kappa shape index (κ1) is 14.4. The van der Waals surface area contributed by atoms with E-state index in [2.05, 4.69) is 17.9 Å². The lowest BCUT2D eigenvalue weighted by Gasteiger charge is -2.24. The second kappa shape index (κ2) is 6.95. The monoisotopic (exact) mass is 239 g/mol.